The number of fused-ring (bicyclic) bond motifs is 1. The molecule has 0 unspecified atom stereocenters. The minimum atomic E-state index is -0.347. The van der Waals surface area contributed by atoms with Crippen LogP contribution >= 0.6 is 0 Å². The lowest BCUT2D eigenvalue weighted by molar-refractivity contribution is -0.148. The van der Waals surface area contributed by atoms with Crippen molar-refractivity contribution in [3.63, 3.8) is 0 Å². The van der Waals surface area contributed by atoms with E-state index in [1.54, 1.807) is 6.92 Å². The van der Waals surface area contributed by atoms with E-state index in [2.05, 4.69) is 12.7 Å². The average molecular weight is 304 g/mol. The molecular weight excluding hydrogens is 280 g/mol. The second-order valence-corrected chi connectivity index (χ2v) is 6.07. The van der Waals surface area contributed by atoms with E-state index >= 15 is 0 Å². The summed E-state index contributed by atoms with van der Waals surface area (Å²) in [4.78, 5) is 23.5. The predicted molar refractivity (Wildman–Crippen MR) is 84.0 cm³/mol. The molecule has 4 nitrogen and oxygen atoms in total. The summed E-state index contributed by atoms with van der Waals surface area (Å²) >= 11 is 0. The maximum absolute atomic E-state index is 11.8. The molecule has 2 rings (SSSR count). The fourth-order valence-electron chi connectivity index (χ4n) is 2.88. The van der Waals surface area contributed by atoms with Crippen molar-refractivity contribution in [1.29, 1.82) is 0 Å². The van der Waals surface area contributed by atoms with E-state index in [-0.39, 0.29) is 30.1 Å². The third-order valence-electron chi connectivity index (χ3n) is 4.34. The van der Waals surface area contributed by atoms with Crippen LogP contribution in [-0.2, 0) is 19.1 Å². The summed E-state index contributed by atoms with van der Waals surface area (Å²) < 4.78 is 11.0. The molecule has 0 bridgehead atoms. The number of carbonyl (C=O) groups is 2. The Morgan fingerprint density at radius 1 is 1.45 bits per heavy atom. The number of esters is 2. The summed E-state index contributed by atoms with van der Waals surface area (Å²) in [5, 5.41) is 0. The first-order valence-corrected chi connectivity index (χ1v) is 7.85. The lowest BCUT2D eigenvalue weighted by atomic mass is 9.86. The van der Waals surface area contributed by atoms with Crippen molar-refractivity contribution in [2.75, 3.05) is 0 Å². The highest BCUT2D eigenvalue weighted by Crippen LogP contribution is 2.35. The summed E-state index contributed by atoms with van der Waals surface area (Å²) in [5.41, 5.74) is 2.70. The van der Waals surface area contributed by atoms with Crippen LogP contribution in [0.2, 0.25) is 0 Å². The number of hydrogen-bond acceptors (Lipinski definition) is 4. The van der Waals surface area contributed by atoms with E-state index < -0.39 is 0 Å². The Morgan fingerprint density at radius 2 is 2.18 bits per heavy atom. The molecule has 1 saturated heterocycles. The Bertz CT molecular complexity index is 541. The van der Waals surface area contributed by atoms with Gasteiger partial charge in [0.05, 0.1) is 0 Å². The van der Waals surface area contributed by atoms with Gasteiger partial charge in [-0.15, -0.1) is 0 Å². The molecule has 4 heteroatoms. The highest BCUT2D eigenvalue weighted by molar-refractivity contribution is 5.91. The van der Waals surface area contributed by atoms with Crippen LogP contribution in [0.1, 0.15) is 46.5 Å². The van der Waals surface area contributed by atoms with Gasteiger partial charge in [-0.25, -0.2) is 4.79 Å². The molecule has 0 radical (unpaired) electrons. The van der Waals surface area contributed by atoms with Crippen LogP contribution in [0.15, 0.2) is 35.5 Å². The zero-order chi connectivity index (χ0) is 16.3. The first kappa shape index (κ1) is 16.5. The van der Waals surface area contributed by atoms with Gasteiger partial charge in [-0.2, -0.15) is 0 Å². The minimum Gasteiger partial charge on any atom is -0.458 e. The quantitative estimate of drug-likeness (QED) is 0.445. The van der Waals surface area contributed by atoms with Gasteiger partial charge in [0, 0.05) is 17.9 Å². The number of ether oxygens (including phenoxy) is 2. The molecule has 1 heterocycles. The van der Waals surface area contributed by atoms with Gasteiger partial charge in [0.1, 0.15) is 12.2 Å². The molecule has 1 fully saturated rings. The number of hydrogen-bond donors (Lipinski definition) is 0. The van der Waals surface area contributed by atoms with E-state index in [1.165, 1.54) is 5.57 Å². The van der Waals surface area contributed by atoms with Crippen LogP contribution in [0.3, 0.4) is 0 Å². The van der Waals surface area contributed by atoms with Gasteiger partial charge in [0.25, 0.3) is 0 Å². The second-order valence-electron chi connectivity index (χ2n) is 6.07. The smallest absolute Gasteiger partial charge is 0.334 e. The molecule has 1 aliphatic carbocycles. The van der Waals surface area contributed by atoms with Crippen LogP contribution in [-0.4, -0.2) is 24.1 Å². The zero-order valence-corrected chi connectivity index (χ0v) is 13.6. The summed E-state index contributed by atoms with van der Waals surface area (Å²) in [6.45, 7) is 9.66. The van der Waals surface area contributed by atoms with Gasteiger partial charge < -0.3 is 9.47 Å². The maximum atomic E-state index is 11.8. The lowest BCUT2D eigenvalue weighted by Crippen LogP contribution is -2.26. The van der Waals surface area contributed by atoms with Crippen LogP contribution in [0.25, 0.3) is 0 Å². The highest BCUT2D eigenvalue weighted by atomic mass is 16.6. The lowest BCUT2D eigenvalue weighted by Gasteiger charge is -2.24. The van der Waals surface area contributed by atoms with Crippen molar-refractivity contribution in [3.05, 3.63) is 35.5 Å². The van der Waals surface area contributed by atoms with Crippen molar-refractivity contribution in [2.24, 2.45) is 5.92 Å². The molecule has 0 saturated carbocycles. The van der Waals surface area contributed by atoms with Gasteiger partial charge >= 0.3 is 11.9 Å². The molecule has 0 N–H and O–H groups in total. The predicted octanol–water partition coefficient (Wildman–Crippen LogP) is 3.48. The molecule has 3 atom stereocenters. The second kappa shape index (κ2) is 6.95. The van der Waals surface area contributed by atoms with E-state index in [9.17, 15) is 9.59 Å². The molecule has 0 aromatic carbocycles. The molecule has 2 aliphatic rings. The number of carbonyl (C=O) groups excluding carboxylic acids is 2. The maximum Gasteiger partial charge on any atom is 0.334 e. The summed E-state index contributed by atoms with van der Waals surface area (Å²) in [6.07, 6.45) is 6.17. The molecule has 22 heavy (non-hydrogen) atoms. The van der Waals surface area contributed by atoms with Crippen LogP contribution < -0.4 is 0 Å². The Hall–Kier alpha value is -1.84. The van der Waals surface area contributed by atoms with Gasteiger partial charge in [0.2, 0.25) is 0 Å². The third kappa shape index (κ3) is 3.67. The monoisotopic (exact) mass is 304 g/mol. The molecule has 120 valence electrons. The van der Waals surface area contributed by atoms with Crippen LogP contribution in [0.5, 0.6) is 0 Å². The molecule has 1 aliphatic heterocycles. The molecule has 0 spiro atoms. The molecular formula is C18H24O4. The van der Waals surface area contributed by atoms with E-state index in [4.69, 9.17) is 9.47 Å². The third-order valence-corrected chi connectivity index (χ3v) is 4.34. The molecule has 0 amide bonds. The Balaban J connectivity index is 2.29. The Labute approximate surface area is 131 Å². The zero-order valence-electron chi connectivity index (χ0n) is 13.6. The van der Waals surface area contributed by atoms with Gasteiger partial charge in [-0.3, -0.25) is 4.79 Å². The van der Waals surface area contributed by atoms with Crippen molar-refractivity contribution in [3.8, 4) is 0 Å². The first-order chi connectivity index (χ1) is 10.4. The van der Waals surface area contributed by atoms with Gasteiger partial charge in [-0.05, 0) is 44.8 Å². The SMILES string of the molecule is C=C1C(=O)O[C@@H]2/C=C(\C)CC/C=C(\C)[C@@H](OC(=O)CC)C[C@@H]12. The summed E-state index contributed by atoms with van der Waals surface area (Å²) in [5.74, 6) is -0.715. The van der Waals surface area contributed by atoms with E-state index in [0.717, 1.165) is 18.4 Å². The largest absolute Gasteiger partial charge is 0.458 e. The molecule has 0 aromatic rings. The fraction of sp³-hybridized carbons (Fsp3) is 0.556. The van der Waals surface area contributed by atoms with Crippen molar-refractivity contribution >= 4 is 11.9 Å². The first-order valence-electron chi connectivity index (χ1n) is 7.85. The standard InChI is InChI=1S/C18H24O4/c1-5-17(19)21-15-10-14-13(4)18(20)22-16(14)9-11(2)7-6-8-12(15)3/h8-9,14-16H,4-7,10H2,1-3H3/b11-9+,12-8+/t14-,15-,16+/m0/s1. The van der Waals surface area contributed by atoms with Crippen LogP contribution in [0.4, 0.5) is 0 Å². The van der Waals surface area contributed by atoms with E-state index in [1.807, 2.05) is 19.9 Å². The van der Waals surface area contributed by atoms with Gasteiger partial charge in [0.15, 0.2) is 0 Å². The van der Waals surface area contributed by atoms with Crippen molar-refractivity contribution < 1.29 is 19.1 Å². The van der Waals surface area contributed by atoms with Crippen molar-refractivity contribution in [1.82, 2.24) is 0 Å². The van der Waals surface area contributed by atoms with E-state index in [0.29, 0.717) is 18.4 Å². The normalized spacial score (nSPS) is 33.9. The highest BCUT2D eigenvalue weighted by Gasteiger charge is 2.39. The summed E-state index contributed by atoms with van der Waals surface area (Å²) in [6, 6.07) is 0. The average Bonchev–Trinajstić information content (AvgIpc) is 2.73. The Morgan fingerprint density at radius 3 is 2.86 bits per heavy atom. The summed E-state index contributed by atoms with van der Waals surface area (Å²) in [7, 11) is 0. The van der Waals surface area contributed by atoms with Crippen LogP contribution in [0, 0.1) is 5.92 Å². The van der Waals surface area contributed by atoms with Gasteiger partial charge in [-0.1, -0.05) is 25.2 Å². The molecule has 0 aromatic heterocycles. The van der Waals surface area contributed by atoms with Crippen molar-refractivity contribution in [2.45, 2.75) is 58.7 Å². The topological polar surface area (TPSA) is 52.6 Å². The number of rotatable bonds is 2. The minimum absolute atomic E-state index is 0.140. The Kier molecular flexibility index (Phi) is 5.22. The fourth-order valence-corrected chi connectivity index (χ4v) is 2.88. The number of allylic oxidation sites excluding steroid dienone is 2.